The molecule has 0 bridgehead atoms. The molecule has 0 spiro atoms. The first-order chi connectivity index (χ1) is 22.0. The molecule has 0 aliphatic carbocycles. The van der Waals surface area contributed by atoms with E-state index in [4.69, 9.17) is 0 Å². The molecule has 0 amide bonds. The average Bonchev–Trinajstić information content (AvgIpc) is 3.01. The van der Waals surface area contributed by atoms with Crippen LogP contribution in [0.5, 0.6) is 0 Å². The summed E-state index contributed by atoms with van der Waals surface area (Å²) in [7, 11) is 0. The number of hydrogen-bond donors (Lipinski definition) is 0. The van der Waals surface area contributed by atoms with Crippen LogP contribution < -0.4 is 10.4 Å². The number of para-hydroxylation sites is 1. The van der Waals surface area contributed by atoms with Crippen molar-refractivity contribution < 1.29 is 0 Å². The number of unbranched alkanes of at least 4 members (excludes halogenated alkanes) is 1. The first-order valence-corrected chi connectivity index (χ1v) is 16.7. The highest BCUT2D eigenvalue weighted by atomic mass is 15.2. The summed E-state index contributed by atoms with van der Waals surface area (Å²) < 4.78 is 0. The van der Waals surface area contributed by atoms with Gasteiger partial charge in [-0.25, -0.2) is 0 Å². The van der Waals surface area contributed by atoms with Crippen LogP contribution in [0.1, 0.15) is 81.6 Å². The summed E-state index contributed by atoms with van der Waals surface area (Å²) >= 11 is 0. The molecule has 2 nitrogen and oxygen atoms in total. The van der Waals surface area contributed by atoms with Crippen LogP contribution >= 0.6 is 0 Å². The van der Waals surface area contributed by atoms with Crippen LogP contribution in [0.2, 0.25) is 0 Å². The second-order valence-corrected chi connectivity index (χ2v) is 13.2. The van der Waals surface area contributed by atoms with Crippen LogP contribution in [-0.4, -0.2) is 11.6 Å². The molecule has 46 heavy (non-hydrogen) atoms. The Hall–Kier alpha value is -4.24. The van der Waals surface area contributed by atoms with Gasteiger partial charge in [-0.1, -0.05) is 126 Å². The van der Waals surface area contributed by atoms with Crippen molar-refractivity contribution in [3.05, 3.63) is 167 Å². The van der Waals surface area contributed by atoms with Crippen LogP contribution in [0.25, 0.3) is 0 Å². The van der Waals surface area contributed by atoms with Gasteiger partial charge in [0.1, 0.15) is 0 Å². The van der Waals surface area contributed by atoms with Gasteiger partial charge in [0, 0.05) is 34.2 Å². The molecule has 2 heterocycles. The van der Waals surface area contributed by atoms with Gasteiger partial charge in [-0.3, -0.25) is 0 Å². The maximum Gasteiger partial charge on any atom is 0.251 e. The lowest BCUT2D eigenvalue weighted by Gasteiger charge is -2.46. The van der Waals surface area contributed by atoms with Gasteiger partial charge in [0.05, 0.1) is 0 Å². The van der Waals surface area contributed by atoms with Crippen LogP contribution in [0, 0.1) is 5.41 Å². The molecule has 3 rings (SSSR count). The monoisotopic (exact) mass is 610 g/mol. The topological polar surface area (TPSA) is 6.48 Å². The van der Waals surface area contributed by atoms with E-state index in [1.54, 1.807) is 0 Å². The van der Waals surface area contributed by atoms with Gasteiger partial charge >= 0.3 is 0 Å². The van der Waals surface area contributed by atoms with Crippen molar-refractivity contribution in [1.82, 2.24) is 4.90 Å². The van der Waals surface area contributed by atoms with Gasteiger partial charge < -0.3 is 9.80 Å². The number of fused-ring (bicyclic) bond motifs is 3. The van der Waals surface area contributed by atoms with E-state index in [2.05, 4.69) is 165 Å². The highest BCUT2D eigenvalue weighted by Crippen LogP contribution is 2.45. The minimum absolute atomic E-state index is 0.0141. The molecule has 240 valence electrons. The third-order valence-electron chi connectivity index (χ3n) is 8.83. The Kier molecular flexibility index (Phi) is 12.9. The van der Waals surface area contributed by atoms with E-state index >= 15 is 0 Å². The number of benzene rings is 1. The van der Waals surface area contributed by atoms with Gasteiger partial charge in [0.15, 0.2) is 0 Å². The summed E-state index contributed by atoms with van der Waals surface area (Å²) in [6.45, 7) is 32.4. The normalized spacial score (nSPS) is 17.8. The maximum atomic E-state index is 4.18. The molecule has 0 unspecified atom stereocenters. The molecule has 0 fully saturated rings. The van der Waals surface area contributed by atoms with Crippen molar-refractivity contribution in [2.75, 3.05) is 4.90 Å². The smallest absolute Gasteiger partial charge is 0.251 e. The Morgan fingerprint density at radius 2 is 1.63 bits per heavy atom. The Balaban J connectivity index is 2.64. The average molecular weight is 611 g/mol. The number of allylic oxidation sites excluding steroid dienone is 18. The molecule has 0 N–H and O–H groups in total. The molecule has 3 heteroatoms. The van der Waals surface area contributed by atoms with Gasteiger partial charge in [-0.2, -0.15) is 0 Å². The zero-order valence-electron chi connectivity index (χ0n) is 30.0. The highest BCUT2D eigenvalue weighted by Gasteiger charge is 2.44. The molecule has 0 radical (unpaired) electrons. The van der Waals surface area contributed by atoms with Crippen molar-refractivity contribution >= 4 is 17.9 Å². The second-order valence-electron chi connectivity index (χ2n) is 13.2. The van der Waals surface area contributed by atoms with Crippen molar-refractivity contribution in [2.24, 2.45) is 5.41 Å². The minimum Gasteiger partial charge on any atom is -0.315 e. The van der Waals surface area contributed by atoms with E-state index in [1.165, 1.54) is 57.5 Å². The lowest BCUT2D eigenvalue weighted by atomic mass is 9.31. The molecule has 1 aromatic carbocycles. The van der Waals surface area contributed by atoms with E-state index in [-0.39, 0.29) is 12.1 Å². The quantitative estimate of drug-likeness (QED) is 0.172. The van der Waals surface area contributed by atoms with Crippen LogP contribution in [-0.2, 0) is 0 Å². The van der Waals surface area contributed by atoms with Crippen molar-refractivity contribution in [2.45, 2.75) is 81.6 Å². The molecule has 0 aromatic heterocycles. The second kappa shape index (κ2) is 16.4. The highest BCUT2D eigenvalue weighted by molar-refractivity contribution is 6.89. The molecular weight excluding hydrogens is 555 g/mol. The van der Waals surface area contributed by atoms with Crippen LogP contribution in [0.4, 0.5) is 5.69 Å². The van der Waals surface area contributed by atoms with Gasteiger partial charge in [0.2, 0.25) is 0 Å². The van der Waals surface area contributed by atoms with Gasteiger partial charge in [0.25, 0.3) is 6.71 Å². The van der Waals surface area contributed by atoms with Crippen molar-refractivity contribution in [1.29, 1.82) is 0 Å². The van der Waals surface area contributed by atoms with E-state index < -0.39 is 0 Å². The summed E-state index contributed by atoms with van der Waals surface area (Å²) in [6.07, 6.45) is 28.7. The van der Waals surface area contributed by atoms with Gasteiger partial charge in [-0.05, 0) is 106 Å². The fourth-order valence-corrected chi connectivity index (χ4v) is 6.13. The predicted octanol–water partition coefficient (Wildman–Crippen LogP) is 11.6. The largest absolute Gasteiger partial charge is 0.315 e. The zero-order chi connectivity index (χ0) is 34.0. The number of anilines is 1. The minimum atomic E-state index is 0.0141. The summed E-state index contributed by atoms with van der Waals surface area (Å²) in [5.41, 5.74) is 13.5. The lowest BCUT2D eigenvalue weighted by molar-refractivity contribution is 0.503. The molecule has 2 aliphatic rings. The predicted molar refractivity (Wildman–Crippen MR) is 207 cm³/mol. The van der Waals surface area contributed by atoms with Gasteiger partial charge in [-0.15, -0.1) is 0 Å². The van der Waals surface area contributed by atoms with E-state index in [1.807, 2.05) is 24.3 Å². The number of rotatable bonds is 12. The summed E-state index contributed by atoms with van der Waals surface area (Å²) in [6, 6.07) is 8.89. The Morgan fingerprint density at radius 3 is 2.24 bits per heavy atom. The molecule has 0 atom stereocenters. The number of nitrogens with zero attached hydrogens (tertiary/aromatic N) is 2. The van der Waals surface area contributed by atoms with E-state index in [0.717, 1.165) is 23.5 Å². The molecule has 0 saturated carbocycles. The first kappa shape index (κ1) is 36.2. The third-order valence-corrected chi connectivity index (χ3v) is 8.83. The summed E-state index contributed by atoms with van der Waals surface area (Å²) in [5, 5.41) is 0. The Morgan fingerprint density at radius 1 is 0.913 bits per heavy atom. The van der Waals surface area contributed by atoms with E-state index in [9.17, 15) is 0 Å². The number of hydrogen-bond acceptors (Lipinski definition) is 2. The van der Waals surface area contributed by atoms with Crippen LogP contribution in [0.3, 0.4) is 0 Å². The molecular formula is C43H55BN2. The fraction of sp³-hybridized carbons (Fsp3) is 0.302. The zero-order valence-corrected chi connectivity index (χ0v) is 30.0. The molecule has 2 aliphatic heterocycles. The van der Waals surface area contributed by atoms with Crippen molar-refractivity contribution in [3.8, 4) is 0 Å². The Labute approximate surface area is 281 Å². The Bertz CT molecular complexity index is 1600. The SMILES string of the molecule is C=C/C=C\C=C(/C)N1/C(=C/C=C)C2=C(C)N(C(/C=C\C)=C/C=C)C(/C=C(\C)CCCC)=C(/C=C(\C)C(C)(C)C)B2c2ccccc21. The lowest BCUT2D eigenvalue weighted by Crippen LogP contribution is -2.51. The molecule has 0 saturated heterocycles. The molecule has 1 aromatic rings. The van der Waals surface area contributed by atoms with Crippen molar-refractivity contribution in [3.63, 3.8) is 0 Å². The summed E-state index contributed by atoms with van der Waals surface area (Å²) in [4.78, 5) is 4.83. The van der Waals surface area contributed by atoms with Crippen LogP contribution in [0.15, 0.2) is 167 Å². The first-order valence-electron chi connectivity index (χ1n) is 16.7. The van der Waals surface area contributed by atoms with E-state index in [0.29, 0.717) is 0 Å². The standard InChI is InChI=1S/C43H55BN2/c1-13-18-20-27-34(8)45-39-29-22-21-28-37(39)44-38(31-33(7)43(10,11)12)41(30-32(6)26-19-14-2)46(36(23-15-3)24-16-4)35(9)42(44)40(45)25-17-5/h13,15-18,20-25,27-31H,1,3,5,14,19,26H2,2,4,6-12H3/b20-18-,24-16-,32-30+,33-31+,34-27+,36-23+,40-25+. The summed E-state index contributed by atoms with van der Waals surface area (Å²) in [5.74, 6) is 0. The fourth-order valence-electron chi connectivity index (χ4n) is 6.13. The maximum absolute atomic E-state index is 4.18. The third kappa shape index (κ3) is 7.94.